The number of piperidine rings is 1. The van der Waals surface area contributed by atoms with Crippen LogP contribution in [0.15, 0.2) is 18.2 Å². The summed E-state index contributed by atoms with van der Waals surface area (Å²) in [6.45, 7) is 2.23. The van der Waals surface area contributed by atoms with Crippen LogP contribution in [0.2, 0.25) is 5.02 Å². The zero-order valence-electron chi connectivity index (χ0n) is 11.4. The molecule has 2 rings (SSSR count). The minimum absolute atomic E-state index is 0.169. The molecular weight excluding hydrogens is 274 g/mol. The standard InChI is InChI=1S/C15H18ClN3O/c16-13-6-4-5-12(11-17)15(13)18-8-7-14(20)19-9-2-1-3-10-19/h4-6,18H,1-3,7-10H2. The normalized spacial score (nSPS) is 14.7. The number of amides is 1. The van der Waals surface area contributed by atoms with Crippen LogP contribution in [0.5, 0.6) is 0 Å². The van der Waals surface area contributed by atoms with Gasteiger partial charge in [-0.1, -0.05) is 17.7 Å². The van der Waals surface area contributed by atoms with Crippen molar-refractivity contribution in [1.29, 1.82) is 5.26 Å². The Kier molecular flexibility index (Phi) is 5.25. The lowest BCUT2D eigenvalue weighted by atomic mass is 10.1. The molecule has 1 aliphatic rings. The molecule has 1 fully saturated rings. The number of benzene rings is 1. The lowest BCUT2D eigenvalue weighted by molar-refractivity contribution is -0.131. The summed E-state index contributed by atoms with van der Waals surface area (Å²) in [6.07, 6.45) is 3.84. The number of halogens is 1. The molecule has 0 unspecified atom stereocenters. The molecule has 1 saturated heterocycles. The van der Waals surface area contributed by atoms with Gasteiger partial charge in [0.1, 0.15) is 6.07 Å². The fraction of sp³-hybridized carbons (Fsp3) is 0.467. The summed E-state index contributed by atoms with van der Waals surface area (Å²) in [5, 5.41) is 12.6. The predicted octanol–water partition coefficient (Wildman–Crippen LogP) is 3.03. The first-order valence-electron chi connectivity index (χ1n) is 6.92. The number of nitrogens with zero attached hydrogens (tertiary/aromatic N) is 2. The molecule has 0 aliphatic carbocycles. The molecule has 0 spiro atoms. The monoisotopic (exact) mass is 291 g/mol. The van der Waals surface area contributed by atoms with E-state index in [2.05, 4.69) is 11.4 Å². The van der Waals surface area contributed by atoms with Crippen molar-refractivity contribution in [2.45, 2.75) is 25.7 Å². The van der Waals surface area contributed by atoms with Gasteiger partial charge < -0.3 is 10.2 Å². The van der Waals surface area contributed by atoms with Crippen molar-refractivity contribution in [2.24, 2.45) is 0 Å². The molecule has 106 valence electrons. The van der Waals surface area contributed by atoms with E-state index in [4.69, 9.17) is 16.9 Å². The highest BCUT2D eigenvalue weighted by atomic mass is 35.5. The molecule has 1 aliphatic heterocycles. The van der Waals surface area contributed by atoms with Crippen molar-refractivity contribution in [3.8, 4) is 6.07 Å². The molecule has 4 nitrogen and oxygen atoms in total. The molecule has 0 aromatic heterocycles. The first kappa shape index (κ1) is 14.7. The van der Waals surface area contributed by atoms with Crippen molar-refractivity contribution >= 4 is 23.2 Å². The first-order chi connectivity index (χ1) is 9.72. The number of hydrogen-bond acceptors (Lipinski definition) is 3. The smallest absolute Gasteiger partial charge is 0.224 e. The second-order valence-corrected chi connectivity index (χ2v) is 5.30. The van der Waals surface area contributed by atoms with Crippen LogP contribution < -0.4 is 5.32 Å². The lowest BCUT2D eigenvalue weighted by Gasteiger charge is -2.26. The number of rotatable bonds is 4. The van der Waals surface area contributed by atoms with Crippen molar-refractivity contribution < 1.29 is 4.79 Å². The van der Waals surface area contributed by atoms with Gasteiger partial charge in [-0.25, -0.2) is 0 Å². The van der Waals surface area contributed by atoms with E-state index >= 15 is 0 Å². The summed E-state index contributed by atoms with van der Waals surface area (Å²) in [4.78, 5) is 13.9. The van der Waals surface area contributed by atoms with Gasteiger partial charge in [0.25, 0.3) is 0 Å². The van der Waals surface area contributed by atoms with Gasteiger partial charge >= 0.3 is 0 Å². The second kappa shape index (κ2) is 7.16. The van der Waals surface area contributed by atoms with Gasteiger partial charge in [-0.2, -0.15) is 5.26 Å². The number of hydrogen-bond donors (Lipinski definition) is 1. The van der Waals surface area contributed by atoms with Gasteiger partial charge in [-0.3, -0.25) is 4.79 Å². The molecule has 0 bridgehead atoms. The molecule has 5 heteroatoms. The van der Waals surface area contributed by atoms with Gasteiger partial charge in [0.15, 0.2) is 0 Å². The number of likely N-dealkylation sites (tertiary alicyclic amines) is 1. The number of nitrogens with one attached hydrogen (secondary N) is 1. The highest BCUT2D eigenvalue weighted by Crippen LogP contribution is 2.25. The molecule has 0 radical (unpaired) electrons. The maximum atomic E-state index is 12.0. The van der Waals surface area contributed by atoms with E-state index in [0.717, 1.165) is 25.9 Å². The quantitative estimate of drug-likeness (QED) is 0.928. The van der Waals surface area contributed by atoms with Crippen molar-refractivity contribution in [2.75, 3.05) is 25.0 Å². The first-order valence-corrected chi connectivity index (χ1v) is 7.30. The fourth-order valence-corrected chi connectivity index (χ4v) is 2.63. The number of nitriles is 1. The van der Waals surface area contributed by atoms with Crippen LogP contribution in [-0.2, 0) is 4.79 Å². The van der Waals surface area contributed by atoms with Crippen molar-refractivity contribution in [1.82, 2.24) is 4.90 Å². The van der Waals surface area contributed by atoms with Crippen LogP contribution in [0, 0.1) is 11.3 Å². The highest BCUT2D eigenvalue weighted by molar-refractivity contribution is 6.33. The van der Waals surface area contributed by atoms with E-state index in [0.29, 0.717) is 29.2 Å². The van der Waals surface area contributed by atoms with Crippen molar-refractivity contribution in [3.05, 3.63) is 28.8 Å². The zero-order valence-corrected chi connectivity index (χ0v) is 12.1. The van der Waals surface area contributed by atoms with Crippen LogP contribution in [0.3, 0.4) is 0 Å². The van der Waals surface area contributed by atoms with Gasteiger partial charge in [0.05, 0.1) is 16.3 Å². The number of carbonyl (C=O) groups excluding carboxylic acids is 1. The third-order valence-corrected chi connectivity index (χ3v) is 3.80. The van der Waals surface area contributed by atoms with E-state index in [-0.39, 0.29) is 5.91 Å². The molecule has 0 saturated carbocycles. The molecule has 1 aromatic carbocycles. The molecule has 1 aromatic rings. The van der Waals surface area contributed by atoms with E-state index in [1.54, 1.807) is 18.2 Å². The Morgan fingerprint density at radius 3 is 2.80 bits per heavy atom. The second-order valence-electron chi connectivity index (χ2n) is 4.89. The van der Waals surface area contributed by atoms with Gasteiger partial charge in [-0.15, -0.1) is 0 Å². The third-order valence-electron chi connectivity index (χ3n) is 3.48. The molecule has 0 atom stereocenters. The van der Waals surface area contributed by atoms with E-state index in [1.807, 2.05) is 4.90 Å². The number of para-hydroxylation sites is 1. The maximum absolute atomic E-state index is 12.0. The number of anilines is 1. The molecular formula is C15H18ClN3O. The van der Waals surface area contributed by atoms with Gasteiger partial charge in [0.2, 0.25) is 5.91 Å². The maximum Gasteiger partial charge on any atom is 0.224 e. The predicted molar refractivity (Wildman–Crippen MR) is 79.7 cm³/mol. The van der Waals surface area contributed by atoms with Crippen LogP contribution in [0.1, 0.15) is 31.2 Å². The Labute approximate surface area is 124 Å². The minimum atomic E-state index is 0.169. The molecule has 1 amide bonds. The summed E-state index contributed by atoms with van der Waals surface area (Å²) in [7, 11) is 0. The van der Waals surface area contributed by atoms with Gasteiger partial charge in [0, 0.05) is 26.1 Å². The van der Waals surface area contributed by atoms with E-state index < -0.39 is 0 Å². The van der Waals surface area contributed by atoms with Crippen LogP contribution in [0.25, 0.3) is 0 Å². The van der Waals surface area contributed by atoms with E-state index in [1.165, 1.54) is 6.42 Å². The topological polar surface area (TPSA) is 56.1 Å². The largest absolute Gasteiger partial charge is 0.382 e. The highest BCUT2D eigenvalue weighted by Gasteiger charge is 2.16. The Balaban J connectivity index is 1.87. The average Bonchev–Trinajstić information content (AvgIpc) is 2.49. The zero-order chi connectivity index (χ0) is 14.4. The summed E-state index contributed by atoms with van der Waals surface area (Å²) >= 11 is 6.06. The molecule has 20 heavy (non-hydrogen) atoms. The Morgan fingerprint density at radius 2 is 2.10 bits per heavy atom. The van der Waals surface area contributed by atoms with Crippen LogP contribution in [0.4, 0.5) is 5.69 Å². The van der Waals surface area contributed by atoms with Gasteiger partial charge in [-0.05, 0) is 31.4 Å². The lowest BCUT2D eigenvalue weighted by Crippen LogP contribution is -2.36. The van der Waals surface area contributed by atoms with E-state index in [9.17, 15) is 4.79 Å². The van der Waals surface area contributed by atoms with Crippen molar-refractivity contribution in [3.63, 3.8) is 0 Å². The Morgan fingerprint density at radius 1 is 1.35 bits per heavy atom. The third kappa shape index (κ3) is 3.64. The summed E-state index contributed by atoms with van der Waals surface area (Å²) in [5.41, 5.74) is 1.12. The minimum Gasteiger partial charge on any atom is -0.382 e. The Hall–Kier alpha value is -1.73. The number of carbonyl (C=O) groups is 1. The summed E-state index contributed by atoms with van der Waals surface area (Å²) in [5.74, 6) is 0.169. The fourth-order valence-electron chi connectivity index (χ4n) is 2.39. The molecule has 1 heterocycles. The molecule has 1 N–H and O–H groups in total. The van der Waals surface area contributed by atoms with Crippen LogP contribution in [-0.4, -0.2) is 30.4 Å². The Bertz CT molecular complexity index is 518. The summed E-state index contributed by atoms with van der Waals surface area (Å²) < 4.78 is 0. The van der Waals surface area contributed by atoms with Crippen LogP contribution >= 0.6 is 11.6 Å². The summed E-state index contributed by atoms with van der Waals surface area (Å²) in [6, 6.07) is 7.28. The SMILES string of the molecule is N#Cc1cccc(Cl)c1NCCC(=O)N1CCCCC1. The average molecular weight is 292 g/mol.